The van der Waals surface area contributed by atoms with Gasteiger partial charge < -0.3 is 10.1 Å². The predicted molar refractivity (Wildman–Crippen MR) is 45.8 cm³/mol. The molecule has 13 heavy (non-hydrogen) atoms. The standard InChI is InChI=1S/C9H9NO3/c11-7-4-2-5-1-3-6(9(12)13)8(5)10-7/h2,4,6H,1,3H2,(H,10,11)(H,12,13). The van der Waals surface area contributed by atoms with Gasteiger partial charge in [-0.15, -0.1) is 0 Å². The maximum atomic E-state index is 10.9. The van der Waals surface area contributed by atoms with Crippen LogP contribution in [-0.4, -0.2) is 16.1 Å². The summed E-state index contributed by atoms with van der Waals surface area (Å²) in [6, 6.07) is 3.14. The minimum absolute atomic E-state index is 0.230. The van der Waals surface area contributed by atoms with Crippen molar-refractivity contribution in [2.75, 3.05) is 0 Å². The summed E-state index contributed by atoms with van der Waals surface area (Å²) in [4.78, 5) is 24.3. The SMILES string of the molecule is O=C(O)C1CCc2ccc(=O)[nH]c21. The van der Waals surface area contributed by atoms with Gasteiger partial charge in [0, 0.05) is 11.8 Å². The van der Waals surface area contributed by atoms with E-state index in [0.29, 0.717) is 12.1 Å². The van der Waals surface area contributed by atoms with Crippen LogP contribution in [0.25, 0.3) is 0 Å². The van der Waals surface area contributed by atoms with Crippen LogP contribution in [0.15, 0.2) is 16.9 Å². The van der Waals surface area contributed by atoms with Crippen LogP contribution < -0.4 is 5.56 Å². The Kier molecular flexibility index (Phi) is 1.69. The number of nitrogens with one attached hydrogen (secondary N) is 1. The molecule has 68 valence electrons. The van der Waals surface area contributed by atoms with Crippen LogP contribution in [0.3, 0.4) is 0 Å². The lowest BCUT2D eigenvalue weighted by Crippen LogP contribution is -2.14. The summed E-state index contributed by atoms with van der Waals surface area (Å²) in [7, 11) is 0. The van der Waals surface area contributed by atoms with E-state index >= 15 is 0 Å². The number of H-pyrrole nitrogens is 1. The Hall–Kier alpha value is -1.58. The molecule has 2 rings (SSSR count). The van der Waals surface area contributed by atoms with E-state index in [1.54, 1.807) is 6.07 Å². The zero-order valence-corrected chi connectivity index (χ0v) is 6.91. The summed E-state index contributed by atoms with van der Waals surface area (Å²) in [5, 5.41) is 8.83. The third-order valence-electron chi connectivity index (χ3n) is 2.39. The Bertz CT molecular complexity index is 408. The fraction of sp³-hybridized carbons (Fsp3) is 0.333. The molecule has 1 aromatic rings. The number of rotatable bonds is 1. The topological polar surface area (TPSA) is 70.2 Å². The zero-order chi connectivity index (χ0) is 9.42. The van der Waals surface area contributed by atoms with Crippen LogP contribution in [-0.2, 0) is 11.2 Å². The number of hydrogen-bond donors (Lipinski definition) is 2. The van der Waals surface area contributed by atoms with Gasteiger partial charge in [0.2, 0.25) is 5.56 Å². The molecule has 1 aromatic heterocycles. The van der Waals surface area contributed by atoms with Crippen molar-refractivity contribution in [3.63, 3.8) is 0 Å². The smallest absolute Gasteiger partial charge is 0.312 e. The number of carboxylic acids is 1. The van der Waals surface area contributed by atoms with E-state index in [2.05, 4.69) is 4.98 Å². The van der Waals surface area contributed by atoms with Crippen molar-refractivity contribution in [1.82, 2.24) is 4.98 Å². The summed E-state index contributed by atoms with van der Waals surface area (Å²) in [5.41, 5.74) is 1.30. The van der Waals surface area contributed by atoms with Crippen molar-refractivity contribution in [1.29, 1.82) is 0 Å². The molecule has 1 heterocycles. The monoisotopic (exact) mass is 179 g/mol. The van der Waals surface area contributed by atoms with E-state index < -0.39 is 11.9 Å². The molecular weight excluding hydrogens is 170 g/mol. The molecular formula is C9H9NO3. The number of aromatic nitrogens is 1. The van der Waals surface area contributed by atoms with Gasteiger partial charge in [-0.05, 0) is 18.4 Å². The quantitative estimate of drug-likeness (QED) is 0.659. The summed E-state index contributed by atoms with van der Waals surface area (Å²) in [6.07, 6.45) is 1.33. The van der Waals surface area contributed by atoms with E-state index in [0.717, 1.165) is 12.0 Å². The van der Waals surface area contributed by atoms with Gasteiger partial charge in [0.25, 0.3) is 0 Å². The molecule has 0 fully saturated rings. The molecule has 1 aliphatic rings. The van der Waals surface area contributed by atoms with Gasteiger partial charge in [-0.1, -0.05) is 6.07 Å². The molecule has 1 atom stereocenters. The number of aromatic amines is 1. The average molecular weight is 179 g/mol. The van der Waals surface area contributed by atoms with E-state index in [4.69, 9.17) is 5.11 Å². The van der Waals surface area contributed by atoms with Crippen LogP contribution in [0.1, 0.15) is 23.6 Å². The fourth-order valence-electron chi connectivity index (χ4n) is 1.74. The van der Waals surface area contributed by atoms with Gasteiger partial charge in [0.05, 0.1) is 5.92 Å². The number of carboxylic acid groups (broad SMARTS) is 1. The van der Waals surface area contributed by atoms with Gasteiger partial charge in [-0.3, -0.25) is 9.59 Å². The summed E-state index contributed by atoms with van der Waals surface area (Å²) >= 11 is 0. The first-order valence-electron chi connectivity index (χ1n) is 4.13. The van der Waals surface area contributed by atoms with Crippen molar-refractivity contribution in [3.05, 3.63) is 33.7 Å². The van der Waals surface area contributed by atoms with Gasteiger partial charge in [0.1, 0.15) is 0 Å². The largest absolute Gasteiger partial charge is 0.481 e. The van der Waals surface area contributed by atoms with Gasteiger partial charge in [0.15, 0.2) is 0 Å². The second-order valence-corrected chi connectivity index (χ2v) is 3.19. The van der Waals surface area contributed by atoms with Crippen LogP contribution in [0.2, 0.25) is 0 Å². The summed E-state index contributed by atoms with van der Waals surface area (Å²) in [6.45, 7) is 0. The van der Waals surface area contributed by atoms with Crippen LogP contribution in [0.4, 0.5) is 0 Å². The van der Waals surface area contributed by atoms with Gasteiger partial charge >= 0.3 is 5.97 Å². The average Bonchev–Trinajstić information content (AvgIpc) is 2.46. The number of fused-ring (bicyclic) bond motifs is 1. The molecule has 0 saturated heterocycles. The van der Waals surface area contributed by atoms with Crippen molar-refractivity contribution in [3.8, 4) is 0 Å². The molecule has 0 spiro atoms. The van der Waals surface area contributed by atoms with Crippen LogP contribution >= 0.6 is 0 Å². The summed E-state index contributed by atoms with van der Waals surface area (Å²) < 4.78 is 0. The highest BCUT2D eigenvalue weighted by molar-refractivity contribution is 5.76. The number of carbonyl (C=O) groups is 1. The molecule has 4 heteroatoms. The van der Waals surface area contributed by atoms with Gasteiger partial charge in [-0.2, -0.15) is 0 Å². The van der Waals surface area contributed by atoms with Crippen molar-refractivity contribution >= 4 is 5.97 Å². The van der Waals surface area contributed by atoms with E-state index in [1.807, 2.05) is 0 Å². The number of pyridine rings is 1. The first-order chi connectivity index (χ1) is 6.18. The molecule has 1 unspecified atom stereocenters. The second kappa shape index (κ2) is 2.73. The molecule has 0 saturated carbocycles. The molecule has 4 nitrogen and oxygen atoms in total. The highest BCUT2D eigenvalue weighted by Crippen LogP contribution is 2.30. The minimum atomic E-state index is -0.861. The van der Waals surface area contributed by atoms with Crippen molar-refractivity contribution in [2.24, 2.45) is 0 Å². The van der Waals surface area contributed by atoms with Crippen LogP contribution in [0.5, 0.6) is 0 Å². The van der Waals surface area contributed by atoms with Gasteiger partial charge in [-0.25, -0.2) is 0 Å². The molecule has 0 aliphatic heterocycles. The first kappa shape index (κ1) is 8.04. The maximum Gasteiger partial charge on any atom is 0.312 e. The van der Waals surface area contributed by atoms with E-state index in [1.165, 1.54) is 6.07 Å². The highest BCUT2D eigenvalue weighted by atomic mass is 16.4. The molecule has 0 amide bonds. The predicted octanol–water partition coefficient (Wildman–Crippen LogP) is 0.489. The Labute approximate surface area is 74.2 Å². The lowest BCUT2D eigenvalue weighted by Gasteiger charge is -2.03. The second-order valence-electron chi connectivity index (χ2n) is 3.19. The molecule has 1 aliphatic carbocycles. The lowest BCUT2D eigenvalue weighted by molar-refractivity contribution is -0.138. The lowest BCUT2D eigenvalue weighted by atomic mass is 10.1. The highest BCUT2D eigenvalue weighted by Gasteiger charge is 2.28. The fourth-order valence-corrected chi connectivity index (χ4v) is 1.74. The Morgan fingerprint density at radius 3 is 3.00 bits per heavy atom. The minimum Gasteiger partial charge on any atom is -0.481 e. The number of hydrogen-bond acceptors (Lipinski definition) is 2. The zero-order valence-electron chi connectivity index (χ0n) is 6.91. The molecule has 0 bridgehead atoms. The first-order valence-corrected chi connectivity index (χ1v) is 4.13. The molecule has 0 aromatic carbocycles. The number of aryl methyl sites for hydroxylation is 1. The number of aliphatic carboxylic acids is 1. The van der Waals surface area contributed by atoms with Crippen LogP contribution in [0, 0.1) is 0 Å². The Balaban J connectivity index is 2.52. The molecule has 2 N–H and O–H groups in total. The third-order valence-corrected chi connectivity index (χ3v) is 2.39. The Morgan fingerprint density at radius 1 is 1.54 bits per heavy atom. The van der Waals surface area contributed by atoms with Crippen molar-refractivity contribution < 1.29 is 9.90 Å². The maximum absolute atomic E-state index is 10.9. The third kappa shape index (κ3) is 1.24. The summed E-state index contributed by atoms with van der Waals surface area (Å²) in [5.74, 6) is -1.38. The Morgan fingerprint density at radius 2 is 2.31 bits per heavy atom. The molecule has 0 radical (unpaired) electrons. The van der Waals surface area contributed by atoms with E-state index in [9.17, 15) is 9.59 Å². The van der Waals surface area contributed by atoms with E-state index in [-0.39, 0.29) is 5.56 Å². The van der Waals surface area contributed by atoms with Crippen molar-refractivity contribution in [2.45, 2.75) is 18.8 Å². The normalized spacial score (nSPS) is 19.8.